The number of benzene rings is 1. The van der Waals surface area contributed by atoms with Gasteiger partial charge in [-0.1, -0.05) is 6.07 Å². The first-order valence-electron chi connectivity index (χ1n) is 7.25. The number of carbonyl (C=O) groups excluding carboxylic acids is 1. The maximum Gasteiger partial charge on any atom is 0.442 e. The van der Waals surface area contributed by atoms with Gasteiger partial charge in [-0.3, -0.25) is 4.79 Å². The van der Waals surface area contributed by atoms with Crippen LogP contribution in [0.5, 0.6) is 0 Å². The molecule has 0 radical (unpaired) electrons. The van der Waals surface area contributed by atoms with E-state index >= 15 is 0 Å². The van der Waals surface area contributed by atoms with Gasteiger partial charge in [-0.15, -0.1) is 10.2 Å². The van der Waals surface area contributed by atoms with Gasteiger partial charge in [-0.25, -0.2) is 4.79 Å². The highest BCUT2D eigenvalue weighted by molar-refractivity contribution is 5.86. The Morgan fingerprint density at radius 1 is 1.36 bits per heavy atom. The van der Waals surface area contributed by atoms with Crippen LogP contribution in [0, 0.1) is 0 Å². The number of amides is 1. The van der Waals surface area contributed by atoms with E-state index in [0.717, 1.165) is 0 Å². The third kappa shape index (κ3) is 2.94. The van der Waals surface area contributed by atoms with Gasteiger partial charge in [0.1, 0.15) is 6.04 Å². The predicted octanol–water partition coefficient (Wildman–Crippen LogP) is 2.48. The van der Waals surface area contributed by atoms with Crippen LogP contribution in [0.25, 0.3) is 10.9 Å². The third-order valence-corrected chi connectivity index (χ3v) is 3.96. The summed E-state index contributed by atoms with van der Waals surface area (Å²) in [6, 6.07) is 2.84. The van der Waals surface area contributed by atoms with Crippen molar-refractivity contribution in [3.63, 3.8) is 0 Å². The van der Waals surface area contributed by atoms with Gasteiger partial charge in [-0.05, 0) is 17.7 Å². The quantitative estimate of drug-likeness (QED) is 0.768. The molecule has 2 heterocycles. The fourth-order valence-electron chi connectivity index (χ4n) is 2.67. The first-order valence-corrected chi connectivity index (χ1v) is 7.25. The summed E-state index contributed by atoms with van der Waals surface area (Å²) in [6.45, 7) is 1.19. The van der Waals surface area contributed by atoms with Crippen molar-refractivity contribution >= 4 is 22.8 Å². The van der Waals surface area contributed by atoms with Crippen molar-refractivity contribution < 1.29 is 27.9 Å². The summed E-state index contributed by atoms with van der Waals surface area (Å²) in [4.78, 5) is 25.3. The zero-order valence-electron chi connectivity index (χ0n) is 12.9. The second-order valence-corrected chi connectivity index (χ2v) is 5.74. The molecule has 0 aliphatic carbocycles. The number of hydrogen-bond donors (Lipinski definition) is 3. The van der Waals surface area contributed by atoms with Gasteiger partial charge in [0.2, 0.25) is 5.91 Å². The molecule has 1 aliphatic rings. The Labute approximate surface area is 138 Å². The number of hydrogen-bond acceptors (Lipinski definition) is 4. The summed E-state index contributed by atoms with van der Waals surface area (Å²) in [5.41, 5.74) is -1.67. The zero-order chi connectivity index (χ0) is 18.4. The van der Waals surface area contributed by atoms with Crippen molar-refractivity contribution in [3.05, 3.63) is 35.5 Å². The number of H-pyrrole nitrogens is 1. The highest BCUT2D eigenvalue weighted by atomic mass is 19.4. The minimum atomic E-state index is -4.64. The maximum atomic E-state index is 13.1. The molecule has 1 amide bonds. The van der Waals surface area contributed by atoms with Gasteiger partial charge in [0.15, 0.2) is 0 Å². The number of aromatic nitrogens is 1. The number of nitrogens with one attached hydrogen (secondary N) is 2. The Kier molecular flexibility index (Phi) is 3.77. The largest absolute Gasteiger partial charge is 0.480 e. The number of nitrogens with zero attached hydrogens (tertiary/aromatic N) is 2. The van der Waals surface area contributed by atoms with E-state index in [1.165, 1.54) is 31.3 Å². The molecule has 0 saturated heterocycles. The van der Waals surface area contributed by atoms with Crippen molar-refractivity contribution in [2.45, 2.75) is 31.2 Å². The van der Waals surface area contributed by atoms with Crippen molar-refractivity contribution in [2.75, 3.05) is 0 Å². The summed E-state index contributed by atoms with van der Waals surface area (Å²) in [6.07, 6.45) is -3.21. The number of carbonyl (C=O) groups is 2. The van der Waals surface area contributed by atoms with E-state index in [-0.39, 0.29) is 12.0 Å². The molecule has 3 rings (SSSR count). The van der Waals surface area contributed by atoms with Gasteiger partial charge in [0.25, 0.3) is 0 Å². The smallest absolute Gasteiger partial charge is 0.442 e. The number of carboxylic acid groups (broad SMARTS) is 1. The highest BCUT2D eigenvalue weighted by Crippen LogP contribution is 2.52. The van der Waals surface area contributed by atoms with Gasteiger partial charge < -0.3 is 15.4 Å². The van der Waals surface area contributed by atoms with Crippen LogP contribution in [0.15, 0.2) is 34.6 Å². The van der Waals surface area contributed by atoms with Crippen LogP contribution < -0.4 is 5.32 Å². The topological polar surface area (TPSA) is 107 Å². The Morgan fingerprint density at radius 3 is 2.56 bits per heavy atom. The highest BCUT2D eigenvalue weighted by Gasteiger charge is 2.65. The lowest BCUT2D eigenvalue weighted by atomic mass is 9.98. The van der Waals surface area contributed by atoms with Crippen LogP contribution in [0.2, 0.25) is 0 Å². The molecule has 132 valence electrons. The lowest BCUT2D eigenvalue weighted by Gasteiger charge is -2.15. The molecule has 1 aromatic carbocycles. The first-order chi connectivity index (χ1) is 11.6. The number of alkyl halides is 3. The lowest BCUT2D eigenvalue weighted by molar-refractivity contribution is -0.166. The molecular weight excluding hydrogens is 341 g/mol. The molecule has 1 aromatic heterocycles. The summed E-state index contributed by atoms with van der Waals surface area (Å²) in [5, 5.41) is 18.2. The lowest BCUT2D eigenvalue weighted by Crippen LogP contribution is -2.41. The molecule has 0 fully saturated rings. The molecule has 7 nitrogen and oxygen atoms in total. The molecule has 25 heavy (non-hydrogen) atoms. The molecule has 1 aliphatic heterocycles. The minimum absolute atomic E-state index is 0.0777. The summed E-state index contributed by atoms with van der Waals surface area (Å²) in [7, 11) is 0. The normalized spacial score (nSPS) is 16.6. The number of halogens is 3. The van der Waals surface area contributed by atoms with Crippen LogP contribution in [-0.4, -0.2) is 34.2 Å². The summed E-state index contributed by atoms with van der Waals surface area (Å²) >= 11 is 0. The van der Waals surface area contributed by atoms with Gasteiger partial charge in [0, 0.05) is 36.0 Å². The molecular formula is C15H13F3N4O3. The Balaban J connectivity index is 1.97. The van der Waals surface area contributed by atoms with Gasteiger partial charge in [0.05, 0.1) is 0 Å². The molecule has 3 N–H and O–H groups in total. The Bertz CT molecular complexity index is 882. The van der Waals surface area contributed by atoms with Crippen LogP contribution >= 0.6 is 0 Å². The Morgan fingerprint density at radius 2 is 2.04 bits per heavy atom. The number of aliphatic carboxylic acids is 1. The monoisotopic (exact) mass is 354 g/mol. The van der Waals surface area contributed by atoms with E-state index in [1.54, 1.807) is 0 Å². The summed E-state index contributed by atoms with van der Waals surface area (Å²) < 4.78 is 39.4. The Hall–Kier alpha value is -2.91. The third-order valence-electron chi connectivity index (χ3n) is 3.96. The second kappa shape index (κ2) is 5.57. The molecule has 0 saturated carbocycles. The maximum absolute atomic E-state index is 13.1. The van der Waals surface area contributed by atoms with Gasteiger partial charge >= 0.3 is 17.8 Å². The molecule has 10 heteroatoms. The second-order valence-electron chi connectivity index (χ2n) is 5.74. The van der Waals surface area contributed by atoms with E-state index < -0.39 is 29.8 Å². The first kappa shape index (κ1) is 16.9. The molecule has 1 unspecified atom stereocenters. The molecule has 0 bridgehead atoms. The zero-order valence-corrected chi connectivity index (χ0v) is 12.9. The molecule has 0 spiro atoms. The standard InChI is InChI=1S/C15H13F3N4O3/c1-7(23)20-12(13(24)25)4-8-6-19-11-3-2-9(5-10(8)11)14(21-22-14)15(16,17)18/h2-3,5-6,12,19H,4H2,1H3,(H,20,23)(H,24,25). The molecule has 2 aromatic rings. The fraction of sp³-hybridized carbons (Fsp3) is 0.333. The van der Waals surface area contributed by atoms with Crippen molar-refractivity contribution in [2.24, 2.45) is 10.2 Å². The molecule has 1 atom stereocenters. The van der Waals surface area contributed by atoms with E-state index in [1.807, 2.05) is 0 Å². The van der Waals surface area contributed by atoms with E-state index in [2.05, 4.69) is 20.5 Å². The van der Waals surface area contributed by atoms with Gasteiger partial charge in [-0.2, -0.15) is 13.2 Å². The van der Waals surface area contributed by atoms with Crippen LogP contribution in [0.4, 0.5) is 13.2 Å². The van der Waals surface area contributed by atoms with E-state index in [0.29, 0.717) is 16.5 Å². The fourth-order valence-corrected chi connectivity index (χ4v) is 2.67. The number of fused-ring (bicyclic) bond motifs is 1. The average Bonchev–Trinajstić information content (AvgIpc) is 3.24. The number of aromatic amines is 1. The van der Waals surface area contributed by atoms with E-state index in [9.17, 15) is 27.9 Å². The minimum Gasteiger partial charge on any atom is -0.480 e. The predicted molar refractivity (Wildman–Crippen MR) is 79.8 cm³/mol. The van der Waals surface area contributed by atoms with Crippen molar-refractivity contribution in [1.82, 2.24) is 10.3 Å². The average molecular weight is 354 g/mol. The number of carboxylic acids is 1. The van der Waals surface area contributed by atoms with Crippen LogP contribution in [0.3, 0.4) is 0 Å². The van der Waals surface area contributed by atoms with Crippen molar-refractivity contribution in [3.8, 4) is 0 Å². The summed E-state index contributed by atoms with van der Waals surface area (Å²) in [5.74, 6) is -1.75. The SMILES string of the molecule is CC(=O)NC(Cc1c[nH]c2ccc(C3(C(F)(F)F)N=N3)cc12)C(=O)O. The van der Waals surface area contributed by atoms with Crippen LogP contribution in [0.1, 0.15) is 18.1 Å². The number of rotatable bonds is 5. The van der Waals surface area contributed by atoms with Crippen molar-refractivity contribution in [1.29, 1.82) is 0 Å². The van der Waals surface area contributed by atoms with E-state index in [4.69, 9.17) is 0 Å². The van der Waals surface area contributed by atoms with Crippen LogP contribution in [-0.2, 0) is 21.7 Å².